The highest BCUT2D eigenvalue weighted by atomic mass is 16.6. The van der Waals surface area contributed by atoms with Crippen molar-refractivity contribution in [2.24, 2.45) is 0 Å². The van der Waals surface area contributed by atoms with E-state index in [1.807, 2.05) is 32.9 Å². The van der Waals surface area contributed by atoms with Gasteiger partial charge in [0.1, 0.15) is 5.60 Å². The van der Waals surface area contributed by atoms with Crippen LogP contribution in [0.1, 0.15) is 44.7 Å². The Morgan fingerprint density at radius 1 is 1.22 bits per heavy atom. The molecule has 5 heteroatoms. The molecule has 1 saturated heterocycles. The molecule has 1 aliphatic heterocycles. The number of carbonyl (C=O) groups excluding carboxylic acids is 1. The maximum Gasteiger partial charge on any atom is 0.407 e. The third-order valence-electron chi connectivity index (χ3n) is 3.92. The molecule has 2 N–H and O–H groups in total. The summed E-state index contributed by atoms with van der Waals surface area (Å²) in [5, 5.41) is 12.0. The lowest BCUT2D eigenvalue weighted by Gasteiger charge is -2.32. The third kappa shape index (κ3) is 6.20. The van der Waals surface area contributed by atoms with Gasteiger partial charge in [-0.15, -0.1) is 0 Å². The van der Waals surface area contributed by atoms with Crippen LogP contribution < -0.4 is 5.32 Å². The van der Waals surface area contributed by atoms with Crippen LogP contribution in [-0.4, -0.2) is 40.8 Å². The number of hydrogen-bond acceptors (Lipinski definition) is 4. The molecule has 0 spiro atoms. The van der Waals surface area contributed by atoms with Gasteiger partial charge in [-0.2, -0.15) is 0 Å². The van der Waals surface area contributed by atoms with Crippen LogP contribution >= 0.6 is 0 Å². The number of hydrogen-bond donors (Lipinski definition) is 2. The lowest BCUT2D eigenvalue weighted by Crippen LogP contribution is -2.45. The molecule has 128 valence electrons. The number of aliphatic hydroxyl groups is 1. The van der Waals surface area contributed by atoms with Gasteiger partial charge in [0, 0.05) is 25.7 Å². The molecule has 1 aliphatic rings. The first-order valence-corrected chi connectivity index (χ1v) is 8.26. The van der Waals surface area contributed by atoms with E-state index in [0.29, 0.717) is 0 Å². The molecule has 1 aromatic carbocycles. The van der Waals surface area contributed by atoms with E-state index in [4.69, 9.17) is 9.84 Å². The lowest BCUT2D eigenvalue weighted by molar-refractivity contribution is 0.0477. The molecule has 2 rings (SSSR count). The zero-order chi connectivity index (χ0) is 16.9. The second-order valence-corrected chi connectivity index (χ2v) is 7.17. The minimum Gasteiger partial charge on any atom is -0.444 e. The van der Waals surface area contributed by atoms with Gasteiger partial charge in [0.05, 0.1) is 6.61 Å². The number of piperidine rings is 1. The number of rotatable bonds is 4. The molecule has 0 atom stereocenters. The molecule has 1 heterocycles. The van der Waals surface area contributed by atoms with E-state index in [1.165, 1.54) is 5.56 Å². The van der Waals surface area contributed by atoms with Crippen molar-refractivity contribution in [3.63, 3.8) is 0 Å². The summed E-state index contributed by atoms with van der Waals surface area (Å²) in [4.78, 5) is 14.2. The first-order valence-electron chi connectivity index (χ1n) is 8.26. The highest BCUT2D eigenvalue weighted by molar-refractivity contribution is 5.68. The van der Waals surface area contributed by atoms with Crippen molar-refractivity contribution in [2.75, 3.05) is 13.1 Å². The van der Waals surface area contributed by atoms with Gasteiger partial charge in [0.25, 0.3) is 0 Å². The Balaban J connectivity index is 1.74. The van der Waals surface area contributed by atoms with Gasteiger partial charge < -0.3 is 15.2 Å². The quantitative estimate of drug-likeness (QED) is 0.895. The largest absolute Gasteiger partial charge is 0.444 e. The molecule has 1 amide bonds. The summed E-state index contributed by atoms with van der Waals surface area (Å²) in [5.41, 5.74) is 1.74. The second-order valence-electron chi connectivity index (χ2n) is 7.17. The predicted octanol–water partition coefficient (Wildman–Crippen LogP) is 2.67. The summed E-state index contributed by atoms with van der Waals surface area (Å²) < 4.78 is 5.30. The molecular formula is C18H28N2O3. The number of benzene rings is 1. The average Bonchev–Trinajstić information content (AvgIpc) is 2.48. The molecule has 0 aromatic heterocycles. The molecule has 0 unspecified atom stereocenters. The first-order chi connectivity index (χ1) is 10.9. The Kier molecular flexibility index (Phi) is 6.02. The number of alkyl carbamates (subject to hydrolysis) is 1. The summed E-state index contributed by atoms with van der Waals surface area (Å²) in [6, 6.07) is 8.25. The highest BCUT2D eigenvalue weighted by Crippen LogP contribution is 2.15. The van der Waals surface area contributed by atoms with Crippen LogP contribution in [0.4, 0.5) is 4.79 Å². The van der Waals surface area contributed by atoms with Crippen molar-refractivity contribution >= 4 is 6.09 Å². The van der Waals surface area contributed by atoms with Crippen molar-refractivity contribution in [3.05, 3.63) is 35.4 Å². The lowest BCUT2D eigenvalue weighted by atomic mass is 10.0. The van der Waals surface area contributed by atoms with E-state index in [1.54, 1.807) is 0 Å². The maximum atomic E-state index is 11.8. The SMILES string of the molecule is CC(C)(C)OC(=O)NC1CCN(Cc2ccc(CO)cc2)CC1. The fourth-order valence-electron chi connectivity index (χ4n) is 2.72. The normalized spacial score (nSPS) is 17.0. The Morgan fingerprint density at radius 3 is 2.30 bits per heavy atom. The molecule has 1 aromatic rings. The predicted molar refractivity (Wildman–Crippen MR) is 90.0 cm³/mol. The monoisotopic (exact) mass is 320 g/mol. The first kappa shape index (κ1) is 17.8. The molecule has 0 saturated carbocycles. The van der Waals surface area contributed by atoms with E-state index in [0.717, 1.165) is 38.0 Å². The van der Waals surface area contributed by atoms with Crippen LogP contribution in [0, 0.1) is 0 Å². The topological polar surface area (TPSA) is 61.8 Å². The minimum atomic E-state index is -0.453. The van der Waals surface area contributed by atoms with Crippen molar-refractivity contribution < 1.29 is 14.6 Å². The number of aliphatic hydroxyl groups excluding tert-OH is 1. The summed E-state index contributed by atoms with van der Waals surface area (Å²) in [7, 11) is 0. The molecule has 0 bridgehead atoms. The van der Waals surface area contributed by atoms with Gasteiger partial charge in [0.2, 0.25) is 0 Å². The van der Waals surface area contributed by atoms with Crippen molar-refractivity contribution in [1.29, 1.82) is 0 Å². The number of ether oxygens (including phenoxy) is 1. The van der Waals surface area contributed by atoms with Crippen LogP contribution in [-0.2, 0) is 17.9 Å². The van der Waals surface area contributed by atoms with Gasteiger partial charge in [-0.1, -0.05) is 24.3 Å². The summed E-state index contributed by atoms with van der Waals surface area (Å²) >= 11 is 0. The van der Waals surface area contributed by atoms with Crippen molar-refractivity contribution in [1.82, 2.24) is 10.2 Å². The van der Waals surface area contributed by atoms with E-state index >= 15 is 0 Å². The standard InChI is InChI=1S/C18H28N2O3/c1-18(2,3)23-17(22)19-16-8-10-20(11-9-16)12-14-4-6-15(13-21)7-5-14/h4-7,16,21H,8-13H2,1-3H3,(H,19,22). The Morgan fingerprint density at radius 2 is 1.78 bits per heavy atom. The van der Waals surface area contributed by atoms with Gasteiger partial charge in [-0.25, -0.2) is 4.79 Å². The van der Waals surface area contributed by atoms with Crippen molar-refractivity contribution in [2.45, 2.75) is 58.4 Å². The smallest absolute Gasteiger partial charge is 0.407 e. The molecular weight excluding hydrogens is 292 g/mol. The second kappa shape index (κ2) is 7.79. The number of nitrogens with one attached hydrogen (secondary N) is 1. The van der Waals surface area contributed by atoms with Crippen LogP contribution in [0.3, 0.4) is 0 Å². The van der Waals surface area contributed by atoms with Crippen LogP contribution in [0.5, 0.6) is 0 Å². The Labute approximate surface area is 138 Å². The average molecular weight is 320 g/mol. The molecule has 1 fully saturated rings. The summed E-state index contributed by atoms with van der Waals surface area (Å²) in [5.74, 6) is 0. The maximum absolute atomic E-state index is 11.8. The van der Waals surface area contributed by atoms with Crippen LogP contribution in [0.2, 0.25) is 0 Å². The fraction of sp³-hybridized carbons (Fsp3) is 0.611. The highest BCUT2D eigenvalue weighted by Gasteiger charge is 2.23. The van der Waals surface area contributed by atoms with E-state index in [2.05, 4.69) is 22.3 Å². The molecule has 23 heavy (non-hydrogen) atoms. The number of carbonyl (C=O) groups is 1. The number of nitrogens with zero attached hydrogens (tertiary/aromatic N) is 1. The van der Waals surface area contributed by atoms with E-state index in [9.17, 15) is 4.79 Å². The van der Waals surface area contributed by atoms with E-state index in [-0.39, 0.29) is 18.7 Å². The zero-order valence-electron chi connectivity index (χ0n) is 14.3. The molecule has 0 aliphatic carbocycles. The summed E-state index contributed by atoms with van der Waals surface area (Å²) in [6.45, 7) is 8.53. The number of amides is 1. The van der Waals surface area contributed by atoms with Gasteiger partial charge >= 0.3 is 6.09 Å². The van der Waals surface area contributed by atoms with Gasteiger partial charge in [-0.3, -0.25) is 4.90 Å². The minimum absolute atomic E-state index is 0.0853. The van der Waals surface area contributed by atoms with Crippen LogP contribution in [0.15, 0.2) is 24.3 Å². The Hall–Kier alpha value is -1.59. The molecule has 5 nitrogen and oxygen atoms in total. The number of likely N-dealkylation sites (tertiary alicyclic amines) is 1. The van der Waals surface area contributed by atoms with Gasteiger partial charge in [-0.05, 0) is 44.7 Å². The third-order valence-corrected chi connectivity index (χ3v) is 3.92. The zero-order valence-corrected chi connectivity index (χ0v) is 14.3. The summed E-state index contributed by atoms with van der Waals surface area (Å²) in [6.07, 6.45) is 1.55. The fourth-order valence-corrected chi connectivity index (χ4v) is 2.72. The van der Waals surface area contributed by atoms with Crippen molar-refractivity contribution in [3.8, 4) is 0 Å². The van der Waals surface area contributed by atoms with E-state index < -0.39 is 5.60 Å². The molecule has 0 radical (unpaired) electrons. The van der Waals surface area contributed by atoms with Gasteiger partial charge in [0.15, 0.2) is 0 Å². The van der Waals surface area contributed by atoms with Crippen LogP contribution in [0.25, 0.3) is 0 Å². The Bertz CT molecular complexity index is 500.